The molecule has 0 radical (unpaired) electrons. The molecule has 1 rings (SSSR count). The van der Waals surface area contributed by atoms with Crippen LogP contribution in [0.1, 0.15) is 39.7 Å². The van der Waals surface area contributed by atoms with Gasteiger partial charge in [-0.2, -0.15) is 0 Å². The van der Waals surface area contributed by atoms with Gasteiger partial charge in [-0.05, 0) is 18.8 Å². The normalized spacial score (nSPS) is 11.4. The quantitative estimate of drug-likeness (QED) is 0.872. The Morgan fingerprint density at radius 1 is 1.28 bits per heavy atom. The van der Waals surface area contributed by atoms with Crippen molar-refractivity contribution in [2.75, 3.05) is 30.4 Å². The van der Waals surface area contributed by atoms with Crippen molar-refractivity contribution < 1.29 is 0 Å². The third kappa shape index (κ3) is 4.17. The van der Waals surface area contributed by atoms with Crippen molar-refractivity contribution in [2.24, 2.45) is 5.41 Å². The van der Waals surface area contributed by atoms with E-state index in [-0.39, 0.29) is 5.41 Å². The summed E-state index contributed by atoms with van der Waals surface area (Å²) >= 11 is 0. The molecule has 0 atom stereocenters. The maximum absolute atomic E-state index is 4.41. The van der Waals surface area contributed by atoms with Gasteiger partial charge in [0.15, 0.2) is 0 Å². The molecule has 0 unspecified atom stereocenters. The number of aromatic nitrogens is 2. The van der Waals surface area contributed by atoms with Crippen LogP contribution in [0.4, 0.5) is 11.6 Å². The SMILES string of the molecule is CCCNc1ncnc(N(C)CC(C)(C)C)c1C. The number of hydrogen-bond donors (Lipinski definition) is 1. The van der Waals surface area contributed by atoms with Crippen molar-refractivity contribution in [3.8, 4) is 0 Å². The first-order chi connectivity index (χ1) is 8.35. The minimum Gasteiger partial charge on any atom is -0.370 e. The Morgan fingerprint density at radius 2 is 1.94 bits per heavy atom. The molecule has 0 aliphatic heterocycles. The minimum absolute atomic E-state index is 0.253. The lowest BCUT2D eigenvalue weighted by atomic mass is 9.96. The van der Waals surface area contributed by atoms with Crippen LogP contribution in [0.5, 0.6) is 0 Å². The Labute approximate surface area is 111 Å². The summed E-state index contributed by atoms with van der Waals surface area (Å²) < 4.78 is 0. The maximum Gasteiger partial charge on any atom is 0.136 e. The second-order valence-electron chi connectivity index (χ2n) is 6.01. The molecule has 0 aliphatic rings. The first kappa shape index (κ1) is 14.7. The highest BCUT2D eigenvalue weighted by molar-refractivity contribution is 5.57. The molecule has 0 saturated heterocycles. The van der Waals surface area contributed by atoms with Crippen LogP contribution in [0.25, 0.3) is 0 Å². The molecule has 0 bridgehead atoms. The summed E-state index contributed by atoms with van der Waals surface area (Å²) in [5.41, 5.74) is 1.38. The Hall–Kier alpha value is -1.32. The zero-order valence-corrected chi connectivity index (χ0v) is 12.5. The maximum atomic E-state index is 4.41. The van der Waals surface area contributed by atoms with Crippen molar-refractivity contribution in [3.05, 3.63) is 11.9 Å². The molecule has 1 N–H and O–H groups in total. The highest BCUT2D eigenvalue weighted by atomic mass is 15.2. The molecule has 4 nitrogen and oxygen atoms in total. The van der Waals surface area contributed by atoms with E-state index < -0.39 is 0 Å². The van der Waals surface area contributed by atoms with E-state index in [1.54, 1.807) is 6.33 Å². The van der Waals surface area contributed by atoms with Gasteiger partial charge in [0.2, 0.25) is 0 Å². The molecule has 1 aromatic heterocycles. The summed E-state index contributed by atoms with van der Waals surface area (Å²) in [4.78, 5) is 10.9. The number of hydrogen-bond acceptors (Lipinski definition) is 4. The fourth-order valence-electron chi connectivity index (χ4n) is 2.03. The van der Waals surface area contributed by atoms with Crippen molar-refractivity contribution >= 4 is 11.6 Å². The van der Waals surface area contributed by atoms with Crippen molar-refractivity contribution in [1.29, 1.82) is 0 Å². The van der Waals surface area contributed by atoms with Gasteiger partial charge in [0.05, 0.1) is 0 Å². The third-order valence-corrected chi connectivity index (χ3v) is 2.67. The van der Waals surface area contributed by atoms with Gasteiger partial charge in [0.1, 0.15) is 18.0 Å². The molecule has 0 saturated carbocycles. The molecule has 1 aromatic rings. The van der Waals surface area contributed by atoms with Gasteiger partial charge < -0.3 is 10.2 Å². The summed E-state index contributed by atoms with van der Waals surface area (Å²) in [7, 11) is 2.09. The van der Waals surface area contributed by atoms with Crippen LogP contribution in [-0.2, 0) is 0 Å². The minimum atomic E-state index is 0.253. The van der Waals surface area contributed by atoms with E-state index in [4.69, 9.17) is 0 Å². The largest absolute Gasteiger partial charge is 0.370 e. The standard InChI is InChI=1S/C14H26N4/c1-7-8-15-12-11(2)13(17-10-16-12)18(6)9-14(3,4)5/h10H,7-9H2,1-6H3,(H,15,16,17). The lowest BCUT2D eigenvalue weighted by Gasteiger charge is -2.28. The van der Waals surface area contributed by atoms with Gasteiger partial charge in [-0.25, -0.2) is 9.97 Å². The van der Waals surface area contributed by atoms with Crippen LogP contribution in [0.2, 0.25) is 0 Å². The first-order valence-corrected chi connectivity index (χ1v) is 6.61. The van der Waals surface area contributed by atoms with Gasteiger partial charge in [-0.3, -0.25) is 0 Å². The van der Waals surface area contributed by atoms with Gasteiger partial charge >= 0.3 is 0 Å². The summed E-state index contributed by atoms with van der Waals surface area (Å²) in [6.07, 6.45) is 2.73. The molecule has 0 aromatic carbocycles. The van der Waals surface area contributed by atoms with E-state index in [2.05, 4.69) is 61.9 Å². The molecule has 0 aliphatic carbocycles. The summed E-state index contributed by atoms with van der Waals surface area (Å²) in [5.74, 6) is 1.96. The van der Waals surface area contributed by atoms with Crippen molar-refractivity contribution in [3.63, 3.8) is 0 Å². The first-order valence-electron chi connectivity index (χ1n) is 6.61. The molecule has 18 heavy (non-hydrogen) atoms. The molecule has 0 amide bonds. The van der Waals surface area contributed by atoms with Crippen LogP contribution in [0, 0.1) is 12.3 Å². The number of anilines is 2. The third-order valence-electron chi connectivity index (χ3n) is 2.67. The summed E-state index contributed by atoms with van der Waals surface area (Å²) in [6.45, 7) is 12.8. The summed E-state index contributed by atoms with van der Waals surface area (Å²) in [6, 6.07) is 0. The lowest BCUT2D eigenvalue weighted by Crippen LogP contribution is -2.30. The topological polar surface area (TPSA) is 41.1 Å². The van der Waals surface area contributed by atoms with Crippen LogP contribution in [0.15, 0.2) is 6.33 Å². The van der Waals surface area contributed by atoms with Crippen LogP contribution in [-0.4, -0.2) is 30.1 Å². The predicted molar refractivity (Wildman–Crippen MR) is 78.3 cm³/mol. The molecule has 1 heterocycles. The molecule has 0 spiro atoms. The van der Waals surface area contributed by atoms with Crippen molar-refractivity contribution in [1.82, 2.24) is 9.97 Å². The number of nitrogens with one attached hydrogen (secondary N) is 1. The number of rotatable bonds is 5. The van der Waals surface area contributed by atoms with Gasteiger partial charge in [0, 0.05) is 25.7 Å². The van der Waals surface area contributed by atoms with E-state index in [1.165, 1.54) is 0 Å². The zero-order valence-electron chi connectivity index (χ0n) is 12.5. The molecule has 102 valence electrons. The second-order valence-corrected chi connectivity index (χ2v) is 6.01. The lowest BCUT2D eigenvalue weighted by molar-refractivity contribution is 0.417. The monoisotopic (exact) mass is 250 g/mol. The highest BCUT2D eigenvalue weighted by Gasteiger charge is 2.17. The van der Waals surface area contributed by atoms with E-state index >= 15 is 0 Å². The molecular formula is C14H26N4. The summed E-state index contributed by atoms with van der Waals surface area (Å²) in [5, 5.41) is 3.34. The Bertz CT molecular complexity index is 382. The molecule has 4 heteroatoms. The van der Waals surface area contributed by atoms with Gasteiger partial charge in [-0.1, -0.05) is 27.7 Å². The van der Waals surface area contributed by atoms with E-state index in [0.717, 1.165) is 36.7 Å². The zero-order chi connectivity index (χ0) is 13.8. The van der Waals surface area contributed by atoms with Crippen LogP contribution in [0.3, 0.4) is 0 Å². The average molecular weight is 250 g/mol. The smallest absolute Gasteiger partial charge is 0.136 e. The fourth-order valence-corrected chi connectivity index (χ4v) is 2.03. The van der Waals surface area contributed by atoms with Crippen LogP contribution < -0.4 is 10.2 Å². The predicted octanol–water partition coefficient (Wildman–Crippen LogP) is 3.09. The number of nitrogens with zero attached hydrogens (tertiary/aromatic N) is 3. The average Bonchev–Trinajstić information content (AvgIpc) is 2.25. The van der Waals surface area contributed by atoms with Crippen LogP contribution >= 0.6 is 0 Å². The van der Waals surface area contributed by atoms with E-state index in [9.17, 15) is 0 Å². The van der Waals surface area contributed by atoms with Gasteiger partial charge in [0.25, 0.3) is 0 Å². The molecular weight excluding hydrogens is 224 g/mol. The second kappa shape index (κ2) is 6.03. The Morgan fingerprint density at radius 3 is 2.50 bits per heavy atom. The highest BCUT2D eigenvalue weighted by Crippen LogP contribution is 2.24. The molecule has 0 fully saturated rings. The van der Waals surface area contributed by atoms with E-state index in [1.807, 2.05) is 0 Å². The fraction of sp³-hybridized carbons (Fsp3) is 0.714. The Kier molecular flexibility index (Phi) is 4.93. The Balaban J connectivity index is 2.89. The van der Waals surface area contributed by atoms with E-state index in [0.29, 0.717) is 0 Å². The van der Waals surface area contributed by atoms with Gasteiger partial charge in [-0.15, -0.1) is 0 Å². The van der Waals surface area contributed by atoms with Crippen molar-refractivity contribution in [2.45, 2.75) is 41.0 Å².